The van der Waals surface area contributed by atoms with Gasteiger partial charge in [-0.15, -0.1) is 0 Å². The van der Waals surface area contributed by atoms with Crippen LogP contribution in [0.3, 0.4) is 0 Å². The van der Waals surface area contributed by atoms with Crippen LogP contribution >= 0.6 is 0 Å². The zero-order valence-electron chi connectivity index (χ0n) is 11.1. The second-order valence-corrected chi connectivity index (χ2v) is 5.59. The van der Waals surface area contributed by atoms with Gasteiger partial charge in [-0.3, -0.25) is 4.79 Å². The SMILES string of the molecule is Cc1ccc(C(=O)N2C[C@@H]3CCCN[C@@H]3C2)n1C. The third-order valence-corrected chi connectivity index (χ3v) is 4.48. The van der Waals surface area contributed by atoms with Gasteiger partial charge in [-0.2, -0.15) is 0 Å². The highest BCUT2D eigenvalue weighted by molar-refractivity contribution is 5.93. The molecular formula is C14H21N3O. The minimum Gasteiger partial charge on any atom is -0.344 e. The van der Waals surface area contributed by atoms with Crippen molar-refractivity contribution in [3.05, 3.63) is 23.5 Å². The first-order chi connectivity index (χ1) is 8.66. The van der Waals surface area contributed by atoms with E-state index in [0.717, 1.165) is 31.0 Å². The molecule has 0 spiro atoms. The van der Waals surface area contributed by atoms with Gasteiger partial charge in [0.2, 0.25) is 0 Å². The van der Waals surface area contributed by atoms with Crippen LogP contribution in [0.1, 0.15) is 29.0 Å². The number of hydrogen-bond donors (Lipinski definition) is 1. The van der Waals surface area contributed by atoms with Gasteiger partial charge in [0.1, 0.15) is 5.69 Å². The van der Waals surface area contributed by atoms with E-state index in [2.05, 4.69) is 5.32 Å². The van der Waals surface area contributed by atoms with Crippen LogP contribution in [0.5, 0.6) is 0 Å². The van der Waals surface area contributed by atoms with E-state index in [1.54, 1.807) is 0 Å². The number of aromatic nitrogens is 1. The van der Waals surface area contributed by atoms with E-state index in [1.165, 1.54) is 12.8 Å². The van der Waals surface area contributed by atoms with Crippen LogP contribution in [-0.2, 0) is 7.05 Å². The molecule has 4 nitrogen and oxygen atoms in total. The van der Waals surface area contributed by atoms with Crippen molar-refractivity contribution in [1.29, 1.82) is 0 Å². The smallest absolute Gasteiger partial charge is 0.270 e. The monoisotopic (exact) mass is 247 g/mol. The second kappa shape index (κ2) is 4.43. The molecule has 2 aliphatic heterocycles. The highest BCUT2D eigenvalue weighted by atomic mass is 16.2. The van der Waals surface area contributed by atoms with Crippen LogP contribution in [0.2, 0.25) is 0 Å². The van der Waals surface area contributed by atoms with Crippen molar-refractivity contribution >= 4 is 5.91 Å². The molecule has 0 radical (unpaired) electrons. The fraction of sp³-hybridized carbons (Fsp3) is 0.643. The van der Waals surface area contributed by atoms with E-state index in [0.29, 0.717) is 12.0 Å². The predicted octanol–water partition coefficient (Wildman–Crippen LogP) is 1.16. The number of piperidine rings is 1. The maximum absolute atomic E-state index is 12.5. The van der Waals surface area contributed by atoms with Crippen molar-refractivity contribution in [2.45, 2.75) is 25.8 Å². The number of nitrogens with one attached hydrogen (secondary N) is 1. The molecule has 18 heavy (non-hydrogen) atoms. The van der Waals surface area contributed by atoms with Gasteiger partial charge in [-0.25, -0.2) is 0 Å². The van der Waals surface area contributed by atoms with Gasteiger partial charge in [0.05, 0.1) is 0 Å². The van der Waals surface area contributed by atoms with Gasteiger partial charge in [-0.05, 0) is 44.4 Å². The topological polar surface area (TPSA) is 37.3 Å². The number of fused-ring (bicyclic) bond motifs is 1. The van der Waals surface area contributed by atoms with Crippen LogP contribution < -0.4 is 5.32 Å². The Balaban J connectivity index is 1.76. The maximum Gasteiger partial charge on any atom is 0.270 e. The van der Waals surface area contributed by atoms with Gasteiger partial charge in [0.25, 0.3) is 5.91 Å². The molecule has 1 aromatic rings. The summed E-state index contributed by atoms with van der Waals surface area (Å²) >= 11 is 0. The van der Waals surface area contributed by atoms with Gasteiger partial charge in [-0.1, -0.05) is 0 Å². The summed E-state index contributed by atoms with van der Waals surface area (Å²) in [5.74, 6) is 0.839. The average molecular weight is 247 g/mol. The zero-order valence-corrected chi connectivity index (χ0v) is 11.1. The second-order valence-electron chi connectivity index (χ2n) is 5.59. The first-order valence-corrected chi connectivity index (χ1v) is 6.82. The number of rotatable bonds is 1. The average Bonchev–Trinajstić information content (AvgIpc) is 2.94. The van der Waals surface area contributed by atoms with Crippen molar-refractivity contribution in [3.63, 3.8) is 0 Å². The molecule has 4 heteroatoms. The molecular weight excluding hydrogens is 226 g/mol. The third-order valence-electron chi connectivity index (χ3n) is 4.48. The highest BCUT2D eigenvalue weighted by Gasteiger charge is 2.37. The molecule has 0 aliphatic carbocycles. The van der Waals surface area contributed by atoms with Crippen molar-refractivity contribution in [2.24, 2.45) is 13.0 Å². The first kappa shape index (κ1) is 11.8. The Kier molecular flexibility index (Phi) is 2.90. The van der Waals surface area contributed by atoms with Crippen LogP contribution in [-0.4, -0.2) is 41.1 Å². The van der Waals surface area contributed by atoms with Crippen molar-refractivity contribution in [1.82, 2.24) is 14.8 Å². The van der Waals surface area contributed by atoms with Crippen LogP contribution in [0.25, 0.3) is 0 Å². The molecule has 1 aromatic heterocycles. The summed E-state index contributed by atoms with van der Waals surface area (Å²) in [6.45, 7) is 4.92. The Labute approximate surface area is 108 Å². The Hall–Kier alpha value is -1.29. The van der Waals surface area contributed by atoms with E-state index in [4.69, 9.17) is 0 Å². The molecule has 0 unspecified atom stereocenters. The summed E-state index contributed by atoms with van der Waals surface area (Å²) in [5.41, 5.74) is 1.94. The number of amides is 1. The van der Waals surface area contributed by atoms with Crippen molar-refractivity contribution < 1.29 is 4.79 Å². The standard InChI is InChI=1S/C14H21N3O/c1-10-5-6-13(16(10)2)14(18)17-8-11-4-3-7-15-12(11)9-17/h5-6,11-12,15H,3-4,7-9H2,1-2H3/t11-,12+/m0/s1. The lowest BCUT2D eigenvalue weighted by Gasteiger charge is -2.24. The maximum atomic E-state index is 12.5. The molecule has 0 aromatic carbocycles. The summed E-state index contributed by atoms with van der Waals surface area (Å²) in [4.78, 5) is 14.5. The third kappa shape index (κ3) is 1.85. The Bertz CT molecular complexity index is 452. The van der Waals surface area contributed by atoms with Gasteiger partial charge >= 0.3 is 0 Å². The molecule has 0 bridgehead atoms. The van der Waals surface area contributed by atoms with Crippen molar-refractivity contribution in [3.8, 4) is 0 Å². The quantitative estimate of drug-likeness (QED) is 0.808. The van der Waals surface area contributed by atoms with Gasteiger partial charge in [0.15, 0.2) is 0 Å². The van der Waals surface area contributed by atoms with Crippen LogP contribution in [0.4, 0.5) is 0 Å². The summed E-state index contributed by atoms with van der Waals surface area (Å²) in [6.07, 6.45) is 2.50. The zero-order chi connectivity index (χ0) is 12.7. The minimum absolute atomic E-state index is 0.182. The molecule has 2 fully saturated rings. The summed E-state index contributed by atoms with van der Waals surface area (Å²) in [6, 6.07) is 4.46. The molecule has 2 atom stereocenters. The van der Waals surface area contributed by atoms with Gasteiger partial charge in [0, 0.05) is 31.9 Å². The van der Waals surface area contributed by atoms with E-state index in [1.807, 2.05) is 35.6 Å². The fourth-order valence-electron chi connectivity index (χ4n) is 3.20. The molecule has 1 amide bonds. The lowest BCUT2D eigenvalue weighted by molar-refractivity contribution is 0.0776. The van der Waals surface area contributed by atoms with Crippen molar-refractivity contribution in [2.75, 3.05) is 19.6 Å². The molecule has 98 valence electrons. The predicted molar refractivity (Wildman–Crippen MR) is 70.6 cm³/mol. The molecule has 1 N–H and O–H groups in total. The van der Waals surface area contributed by atoms with E-state index in [-0.39, 0.29) is 5.91 Å². The number of nitrogens with zero attached hydrogens (tertiary/aromatic N) is 2. The Morgan fingerprint density at radius 3 is 2.89 bits per heavy atom. The number of hydrogen-bond acceptors (Lipinski definition) is 2. The van der Waals surface area contributed by atoms with E-state index >= 15 is 0 Å². The highest BCUT2D eigenvalue weighted by Crippen LogP contribution is 2.26. The molecule has 2 aliphatic rings. The van der Waals surface area contributed by atoms with E-state index < -0.39 is 0 Å². The summed E-state index contributed by atoms with van der Waals surface area (Å²) in [5, 5.41) is 3.54. The Morgan fingerprint density at radius 2 is 2.22 bits per heavy atom. The number of carbonyl (C=O) groups excluding carboxylic acids is 1. The lowest BCUT2D eigenvalue weighted by Crippen LogP contribution is -2.41. The molecule has 3 heterocycles. The molecule has 3 rings (SSSR count). The summed E-state index contributed by atoms with van der Waals surface area (Å²) in [7, 11) is 1.96. The minimum atomic E-state index is 0.182. The lowest BCUT2D eigenvalue weighted by atomic mass is 9.94. The normalized spacial score (nSPS) is 27.3. The number of aryl methyl sites for hydroxylation is 1. The largest absolute Gasteiger partial charge is 0.344 e. The number of likely N-dealkylation sites (tertiary alicyclic amines) is 1. The molecule has 0 saturated carbocycles. The van der Waals surface area contributed by atoms with E-state index in [9.17, 15) is 4.79 Å². The Morgan fingerprint density at radius 1 is 1.39 bits per heavy atom. The fourth-order valence-corrected chi connectivity index (χ4v) is 3.20. The van der Waals surface area contributed by atoms with Crippen LogP contribution in [0, 0.1) is 12.8 Å². The van der Waals surface area contributed by atoms with Gasteiger partial charge < -0.3 is 14.8 Å². The number of carbonyl (C=O) groups is 1. The summed E-state index contributed by atoms with van der Waals surface area (Å²) < 4.78 is 1.98. The first-order valence-electron chi connectivity index (χ1n) is 6.82. The molecule has 2 saturated heterocycles. The van der Waals surface area contributed by atoms with Crippen LogP contribution in [0.15, 0.2) is 12.1 Å².